The molecule has 2 aromatic carbocycles. The predicted octanol–water partition coefficient (Wildman–Crippen LogP) is 3.24. The fraction of sp³-hybridized carbons (Fsp3) is 0.375. The van der Waals surface area contributed by atoms with Crippen molar-refractivity contribution in [2.24, 2.45) is 10.9 Å². The average Bonchev–Trinajstić information content (AvgIpc) is 3.00. The highest BCUT2D eigenvalue weighted by molar-refractivity contribution is 7.90. The zero-order valence-electron chi connectivity index (χ0n) is 18.6. The third kappa shape index (κ3) is 5.60. The first-order valence-electron chi connectivity index (χ1n) is 11.2. The monoisotopic (exact) mass is 468 g/mol. The van der Waals surface area contributed by atoms with Crippen LogP contribution in [0.3, 0.4) is 0 Å². The van der Waals surface area contributed by atoms with E-state index in [2.05, 4.69) is 15.0 Å². The second-order valence-corrected chi connectivity index (χ2v) is 10.2. The lowest BCUT2D eigenvalue weighted by Gasteiger charge is -2.17. The number of amides is 2. The van der Waals surface area contributed by atoms with Gasteiger partial charge >= 0.3 is 0 Å². The molecule has 0 radical (unpaired) electrons. The van der Waals surface area contributed by atoms with Gasteiger partial charge in [-0.15, -0.1) is 0 Å². The van der Waals surface area contributed by atoms with E-state index in [-0.39, 0.29) is 23.1 Å². The second kappa shape index (κ2) is 9.74. The van der Waals surface area contributed by atoms with Gasteiger partial charge in [0.2, 0.25) is 11.8 Å². The molecular formula is C24H28N4O4S. The summed E-state index contributed by atoms with van der Waals surface area (Å²) in [6.45, 7) is 2.92. The van der Waals surface area contributed by atoms with E-state index >= 15 is 0 Å². The maximum Gasteiger partial charge on any atom is 0.262 e. The molecule has 4 rings (SSSR count). The van der Waals surface area contributed by atoms with Gasteiger partial charge in [0.1, 0.15) is 5.84 Å². The number of aliphatic imine (C=N–C) groups is 1. The minimum absolute atomic E-state index is 0.0899. The zero-order chi connectivity index (χ0) is 23.4. The minimum atomic E-state index is -3.73. The molecular weight excluding hydrogens is 440 g/mol. The molecule has 0 saturated carbocycles. The Bertz CT molecular complexity index is 1160. The Morgan fingerprint density at radius 1 is 1.03 bits per heavy atom. The van der Waals surface area contributed by atoms with Crippen LogP contribution in [-0.2, 0) is 19.6 Å². The number of hydrogen-bond donors (Lipinski definition) is 2. The Hall–Kier alpha value is -3.20. The zero-order valence-corrected chi connectivity index (χ0v) is 19.4. The Morgan fingerprint density at radius 3 is 2.48 bits per heavy atom. The van der Waals surface area contributed by atoms with Crippen LogP contribution >= 0.6 is 0 Å². The Morgan fingerprint density at radius 2 is 1.76 bits per heavy atom. The molecule has 174 valence electrons. The molecule has 1 fully saturated rings. The van der Waals surface area contributed by atoms with E-state index in [1.807, 2.05) is 31.2 Å². The summed E-state index contributed by atoms with van der Waals surface area (Å²) in [5.41, 5.74) is 2.36. The maximum atomic E-state index is 12.7. The summed E-state index contributed by atoms with van der Waals surface area (Å²) in [5.74, 6) is -0.335. The first kappa shape index (κ1) is 23.0. The lowest BCUT2D eigenvalue weighted by molar-refractivity contribution is -0.122. The fourth-order valence-electron chi connectivity index (χ4n) is 3.99. The van der Waals surface area contributed by atoms with Gasteiger partial charge in [-0.1, -0.05) is 24.1 Å². The van der Waals surface area contributed by atoms with Crippen molar-refractivity contribution in [2.45, 2.75) is 43.9 Å². The molecule has 2 heterocycles. The van der Waals surface area contributed by atoms with Gasteiger partial charge < -0.3 is 10.2 Å². The van der Waals surface area contributed by atoms with Crippen LogP contribution in [0, 0.1) is 12.8 Å². The van der Waals surface area contributed by atoms with Crippen LogP contribution in [0.15, 0.2) is 58.4 Å². The SMILES string of the molecule is Cc1ccc(N2CC(C(=O)Nc3ccc(S(=O)(=O)NC4=NCCCCC4)cc3)CC2=O)cc1. The smallest absolute Gasteiger partial charge is 0.262 e. The number of nitrogens with one attached hydrogen (secondary N) is 2. The molecule has 1 unspecified atom stereocenters. The van der Waals surface area contributed by atoms with Gasteiger partial charge in [0.25, 0.3) is 10.0 Å². The average molecular weight is 469 g/mol. The molecule has 2 amide bonds. The number of carbonyl (C=O) groups excluding carboxylic acids is 2. The number of anilines is 2. The predicted molar refractivity (Wildman–Crippen MR) is 128 cm³/mol. The van der Waals surface area contributed by atoms with Crippen molar-refractivity contribution in [2.75, 3.05) is 23.3 Å². The molecule has 1 saturated heterocycles. The summed E-state index contributed by atoms with van der Waals surface area (Å²) in [5, 5.41) is 2.80. The molecule has 0 bridgehead atoms. The van der Waals surface area contributed by atoms with E-state index in [0.29, 0.717) is 31.0 Å². The number of amidine groups is 1. The van der Waals surface area contributed by atoms with E-state index < -0.39 is 15.9 Å². The number of hydrogen-bond acceptors (Lipinski definition) is 5. The summed E-state index contributed by atoms with van der Waals surface area (Å²) < 4.78 is 27.9. The van der Waals surface area contributed by atoms with Crippen LogP contribution in [0.25, 0.3) is 0 Å². The highest BCUT2D eigenvalue weighted by Gasteiger charge is 2.35. The fourth-order valence-corrected chi connectivity index (χ4v) is 5.08. The summed E-state index contributed by atoms with van der Waals surface area (Å²) in [7, 11) is -3.73. The molecule has 2 aliphatic heterocycles. The van der Waals surface area contributed by atoms with E-state index in [4.69, 9.17) is 0 Å². The lowest BCUT2D eigenvalue weighted by Crippen LogP contribution is -2.30. The van der Waals surface area contributed by atoms with Gasteiger partial charge in [0, 0.05) is 37.3 Å². The number of sulfonamides is 1. The van der Waals surface area contributed by atoms with Crippen LogP contribution in [0.4, 0.5) is 11.4 Å². The molecule has 0 spiro atoms. The van der Waals surface area contributed by atoms with E-state index in [9.17, 15) is 18.0 Å². The van der Waals surface area contributed by atoms with Crippen LogP contribution in [0.5, 0.6) is 0 Å². The standard InChI is InChI=1S/C24H28N4O4S/c1-17-6-10-20(11-7-17)28-16-18(15-23(28)29)24(30)26-19-8-12-21(13-9-19)33(31,32)27-22-5-3-2-4-14-25-22/h6-13,18H,2-5,14-16H2,1H3,(H,25,27)(H,26,30). The number of nitrogens with zero attached hydrogens (tertiary/aromatic N) is 2. The van der Waals surface area contributed by atoms with E-state index in [1.165, 1.54) is 12.1 Å². The van der Waals surface area contributed by atoms with Crippen molar-refractivity contribution < 1.29 is 18.0 Å². The van der Waals surface area contributed by atoms with Gasteiger partial charge in [-0.3, -0.25) is 19.3 Å². The largest absolute Gasteiger partial charge is 0.326 e. The normalized spacial score (nSPS) is 19.1. The van der Waals surface area contributed by atoms with Gasteiger partial charge in [-0.05, 0) is 56.2 Å². The van der Waals surface area contributed by atoms with Crippen LogP contribution < -0.4 is 14.9 Å². The van der Waals surface area contributed by atoms with Crippen molar-refractivity contribution in [3.63, 3.8) is 0 Å². The highest BCUT2D eigenvalue weighted by Crippen LogP contribution is 2.26. The van der Waals surface area contributed by atoms with Crippen molar-refractivity contribution in [3.05, 3.63) is 54.1 Å². The second-order valence-electron chi connectivity index (χ2n) is 8.50. The molecule has 0 aliphatic carbocycles. The first-order valence-corrected chi connectivity index (χ1v) is 12.6. The van der Waals surface area contributed by atoms with Crippen molar-refractivity contribution in [3.8, 4) is 0 Å². The summed E-state index contributed by atoms with van der Waals surface area (Å²) in [6.07, 6.45) is 3.68. The van der Waals surface area contributed by atoms with Gasteiger partial charge in [-0.2, -0.15) is 0 Å². The minimum Gasteiger partial charge on any atom is -0.326 e. The summed E-state index contributed by atoms with van der Waals surface area (Å²) in [4.78, 5) is 31.2. The molecule has 33 heavy (non-hydrogen) atoms. The van der Waals surface area contributed by atoms with Crippen LogP contribution in [0.1, 0.15) is 37.7 Å². The highest BCUT2D eigenvalue weighted by atomic mass is 32.2. The van der Waals surface area contributed by atoms with Gasteiger partial charge in [0.15, 0.2) is 0 Å². The number of aryl methyl sites for hydroxylation is 1. The van der Waals surface area contributed by atoms with E-state index in [1.54, 1.807) is 17.0 Å². The van der Waals surface area contributed by atoms with E-state index in [0.717, 1.165) is 30.5 Å². The van der Waals surface area contributed by atoms with Crippen molar-refractivity contribution >= 4 is 39.0 Å². The van der Waals surface area contributed by atoms with Crippen molar-refractivity contribution in [1.29, 1.82) is 0 Å². The Labute approximate surface area is 194 Å². The number of rotatable bonds is 5. The molecule has 0 aromatic heterocycles. The third-order valence-corrected chi connectivity index (χ3v) is 7.30. The Balaban J connectivity index is 1.37. The third-order valence-electron chi connectivity index (χ3n) is 5.90. The summed E-state index contributed by atoms with van der Waals surface area (Å²) in [6, 6.07) is 13.6. The molecule has 8 nitrogen and oxygen atoms in total. The van der Waals surface area contributed by atoms with Crippen LogP contribution in [-0.4, -0.2) is 39.2 Å². The number of carbonyl (C=O) groups is 2. The summed E-state index contributed by atoms with van der Waals surface area (Å²) >= 11 is 0. The molecule has 2 N–H and O–H groups in total. The molecule has 2 aliphatic rings. The van der Waals surface area contributed by atoms with Crippen molar-refractivity contribution in [1.82, 2.24) is 4.72 Å². The topological polar surface area (TPSA) is 108 Å². The van der Waals surface area contributed by atoms with Crippen LogP contribution in [0.2, 0.25) is 0 Å². The molecule has 1 atom stereocenters. The first-order chi connectivity index (χ1) is 15.8. The number of benzene rings is 2. The maximum absolute atomic E-state index is 12.7. The van der Waals surface area contributed by atoms with Gasteiger partial charge in [-0.25, -0.2) is 8.42 Å². The molecule has 2 aromatic rings. The Kier molecular flexibility index (Phi) is 6.78. The molecule has 9 heteroatoms. The lowest BCUT2D eigenvalue weighted by atomic mass is 10.1. The van der Waals surface area contributed by atoms with Gasteiger partial charge in [0.05, 0.1) is 10.8 Å². The quantitative estimate of drug-likeness (QED) is 0.702.